The Labute approximate surface area is 164 Å². The molecule has 2 aromatic carbocycles. The van der Waals surface area contributed by atoms with Gasteiger partial charge < -0.3 is 10.6 Å². The number of benzene rings is 2. The highest BCUT2D eigenvalue weighted by molar-refractivity contribution is 6.10. The molecule has 2 N–H and O–H groups in total. The SMILES string of the molecule is CCc1cccc(C)c1NC(=O)CN1C(=O)N[C@@](C)(c2ccc(C)cc2)C1=O. The van der Waals surface area contributed by atoms with E-state index >= 15 is 0 Å². The number of para-hydroxylation sites is 1. The molecule has 6 nitrogen and oxygen atoms in total. The number of aryl methyl sites for hydroxylation is 3. The molecule has 3 rings (SSSR count). The first-order valence-corrected chi connectivity index (χ1v) is 9.36. The van der Waals surface area contributed by atoms with Crippen LogP contribution >= 0.6 is 0 Å². The number of carbonyl (C=O) groups excluding carboxylic acids is 3. The maximum atomic E-state index is 13.0. The summed E-state index contributed by atoms with van der Waals surface area (Å²) < 4.78 is 0. The lowest BCUT2D eigenvalue weighted by Crippen LogP contribution is -2.42. The van der Waals surface area contributed by atoms with Crippen LogP contribution in [0.3, 0.4) is 0 Å². The van der Waals surface area contributed by atoms with Crippen molar-refractivity contribution in [2.45, 2.75) is 39.7 Å². The van der Waals surface area contributed by atoms with Crippen LogP contribution < -0.4 is 10.6 Å². The van der Waals surface area contributed by atoms with Crippen molar-refractivity contribution in [3.05, 3.63) is 64.7 Å². The van der Waals surface area contributed by atoms with Crippen molar-refractivity contribution >= 4 is 23.5 Å². The highest BCUT2D eigenvalue weighted by Gasteiger charge is 2.49. The maximum Gasteiger partial charge on any atom is 0.325 e. The van der Waals surface area contributed by atoms with Gasteiger partial charge in [-0.25, -0.2) is 4.79 Å². The molecule has 2 aromatic rings. The number of anilines is 1. The Kier molecular flexibility index (Phi) is 5.23. The van der Waals surface area contributed by atoms with Gasteiger partial charge in [-0.2, -0.15) is 0 Å². The summed E-state index contributed by atoms with van der Waals surface area (Å²) in [6, 6.07) is 12.6. The van der Waals surface area contributed by atoms with E-state index in [9.17, 15) is 14.4 Å². The summed E-state index contributed by atoms with van der Waals surface area (Å²) in [5, 5.41) is 5.59. The molecular formula is C22H25N3O3. The molecule has 1 aliphatic heterocycles. The third-order valence-corrected chi connectivity index (χ3v) is 5.21. The van der Waals surface area contributed by atoms with Crippen molar-refractivity contribution in [2.24, 2.45) is 0 Å². The number of carbonyl (C=O) groups is 3. The quantitative estimate of drug-likeness (QED) is 0.783. The van der Waals surface area contributed by atoms with E-state index in [4.69, 9.17) is 0 Å². The number of urea groups is 1. The first-order valence-electron chi connectivity index (χ1n) is 9.36. The summed E-state index contributed by atoms with van der Waals surface area (Å²) in [7, 11) is 0. The molecule has 1 fully saturated rings. The molecule has 1 atom stereocenters. The van der Waals surface area contributed by atoms with E-state index in [0.717, 1.165) is 33.7 Å². The smallest absolute Gasteiger partial charge is 0.324 e. The number of nitrogens with one attached hydrogen (secondary N) is 2. The topological polar surface area (TPSA) is 78.5 Å². The molecule has 1 aliphatic rings. The molecule has 0 bridgehead atoms. The van der Waals surface area contributed by atoms with Crippen molar-refractivity contribution in [2.75, 3.05) is 11.9 Å². The zero-order valence-corrected chi connectivity index (χ0v) is 16.6. The second-order valence-electron chi connectivity index (χ2n) is 7.32. The largest absolute Gasteiger partial charge is 0.325 e. The molecule has 28 heavy (non-hydrogen) atoms. The van der Waals surface area contributed by atoms with Crippen LogP contribution in [0.5, 0.6) is 0 Å². The standard InChI is InChI=1S/C22H25N3O3/c1-5-16-8-6-7-15(3)19(16)23-18(26)13-25-20(27)22(4,24-21(25)28)17-11-9-14(2)10-12-17/h6-12H,5,13H2,1-4H3,(H,23,26)(H,24,28)/t22-/m0/s1. The Morgan fingerprint density at radius 3 is 2.43 bits per heavy atom. The Bertz CT molecular complexity index is 937. The van der Waals surface area contributed by atoms with Crippen LogP contribution in [0.4, 0.5) is 10.5 Å². The van der Waals surface area contributed by atoms with Gasteiger partial charge in [0.25, 0.3) is 5.91 Å². The Hall–Kier alpha value is -3.15. The van der Waals surface area contributed by atoms with Gasteiger partial charge in [-0.05, 0) is 43.9 Å². The minimum Gasteiger partial charge on any atom is -0.324 e. The van der Waals surface area contributed by atoms with Gasteiger partial charge in [0, 0.05) is 5.69 Å². The van der Waals surface area contributed by atoms with Crippen LogP contribution in [0.1, 0.15) is 36.1 Å². The number of imide groups is 1. The Balaban J connectivity index is 1.78. The third-order valence-electron chi connectivity index (χ3n) is 5.21. The van der Waals surface area contributed by atoms with Gasteiger partial charge in [-0.15, -0.1) is 0 Å². The second-order valence-corrected chi connectivity index (χ2v) is 7.32. The predicted molar refractivity (Wildman–Crippen MR) is 108 cm³/mol. The highest BCUT2D eigenvalue weighted by Crippen LogP contribution is 2.29. The van der Waals surface area contributed by atoms with Gasteiger partial charge in [0.15, 0.2) is 0 Å². The molecule has 0 aromatic heterocycles. The lowest BCUT2D eigenvalue weighted by molar-refractivity contribution is -0.133. The predicted octanol–water partition coefficient (Wildman–Crippen LogP) is 3.27. The molecule has 0 aliphatic carbocycles. The van der Waals surface area contributed by atoms with Crippen molar-refractivity contribution in [3.8, 4) is 0 Å². The van der Waals surface area contributed by atoms with E-state index in [1.165, 1.54) is 0 Å². The monoisotopic (exact) mass is 379 g/mol. The fourth-order valence-electron chi connectivity index (χ4n) is 3.45. The third kappa shape index (κ3) is 3.50. The summed E-state index contributed by atoms with van der Waals surface area (Å²) in [6.45, 7) is 7.20. The summed E-state index contributed by atoms with van der Waals surface area (Å²) in [6.07, 6.45) is 0.770. The van der Waals surface area contributed by atoms with Gasteiger partial charge >= 0.3 is 6.03 Å². The van der Waals surface area contributed by atoms with E-state index in [-0.39, 0.29) is 6.54 Å². The van der Waals surface area contributed by atoms with Gasteiger partial charge in [-0.1, -0.05) is 55.0 Å². The summed E-state index contributed by atoms with van der Waals surface area (Å²) in [5.74, 6) is -0.836. The molecule has 1 heterocycles. The number of nitrogens with zero attached hydrogens (tertiary/aromatic N) is 1. The Morgan fingerprint density at radius 1 is 1.11 bits per heavy atom. The van der Waals surface area contributed by atoms with E-state index in [2.05, 4.69) is 10.6 Å². The average Bonchev–Trinajstić information content (AvgIpc) is 2.88. The molecular weight excluding hydrogens is 354 g/mol. The summed E-state index contributed by atoms with van der Waals surface area (Å²) in [4.78, 5) is 39.0. The fourth-order valence-corrected chi connectivity index (χ4v) is 3.45. The Morgan fingerprint density at radius 2 is 1.79 bits per heavy atom. The van der Waals surface area contributed by atoms with Crippen LogP contribution in [0.2, 0.25) is 0 Å². The van der Waals surface area contributed by atoms with Gasteiger partial charge in [0.1, 0.15) is 12.1 Å². The number of hydrogen-bond acceptors (Lipinski definition) is 3. The summed E-state index contributed by atoms with van der Waals surface area (Å²) in [5.41, 5.74) is 3.26. The lowest BCUT2D eigenvalue weighted by Gasteiger charge is -2.22. The molecule has 1 saturated heterocycles. The fraction of sp³-hybridized carbons (Fsp3) is 0.318. The zero-order chi connectivity index (χ0) is 20.5. The molecule has 0 spiro atoms. The van der Waals surface area contributed by atoms with E-state index in [1.54, 1.807) is 6.92 Å². The van der Waals surface area contributed by atoms with E-state index < -0.39 is 23.4 Å². The van der Waals surface area contributed by atoms with Crippen LogP contribution in [-0.4, -0.2) is 29.3 Å². The van der Waals surface area contributed by atoms with Crippen molar-refractivity contribution in [1.82, 2.24) is 10.2 Å². The normalized spacial score (nSPS) is 18.9. The van der Waals surface area contributed by atoms with Crippen molar-refractivity contribution in [1.29, 1.82) is 0 Å². The number of hydrogen-bond donors (Lipinski definition) is 2. The van der Waals surface area contributed by atoms with Gasteiger partial charge in [0.05, 0.1) is 0 Å². The minimum absolute atomic E-state index is 0.330. The molecule has 6 heteroatoms. The highest BCUT2D eigenvalue weighted by atomic mass is 16.2. The van der Waals surface area contributed by atoms with Crippen molar-refractivity contribution < 1.29 is 14.4 Å². The number of amides is 4. The first kappa shape index (κ1) is 19.6. The minimum atomic E-state index is -1.18. The van der Waals surface area contributed by atoms with Crippen LogP contribution in [0.15, 0.2) is 42.5 Å². The van der Waals surface area contributed by atoms with E-state index in [0.29, 0.717) is 5.56 Å². The van der Waals surface area contributed by atoms with E-state index in [1.807, 2.05) is 63.2 Å². The molecule has 0 radical (unpaired) electrons. The second kappa shape index (κ2) is 7.46. The molecule has 0 unspecified atom stereocenters. The van der Waals surface area contributed by atoms with Crippen molar-refractivity contribution in [3.63, 3.8) is 0 Å². The van der Waals surface area contributed by atoms with Crippen LogP contribution in [0.25, 0.3) is 0 Å². The summed E-state index contributed by atoms with van der Waals surface area (Å²) >= 11 is 0. The molecule has 4 amide bonds. The average molecular weight is 379 g/mol. The zero-order valence-electron chi connectivity index (χ0n) is 16.6. The van der Waals surface area contributed by atoms with Crippen LogP contribution in [0, 0.1) is 13.8 Å². The van der Waals surface area contributed by atoms with Gasteiger partial charge in [-0.3, -0.25) is 14.5 Å². The lowest BCUT2D eigenvalue weighted by atomic mass is 9.91. The van der Waals surface area contributed by atoms with Gasteiger partial charge in [0.2, 0.25) is 5.91 Å². The molecule has 0 saturated carbocycles. The molecule has 146 valence electrons. The first-order chi connectivity index (χ1) is 13.3. The maximum absolute atomic E-state index is 13.0. The van der Waals surface area contributed by atoms with Crippen LogP contribution in [-0.2, 0) is 21.5 Å². The number of rotatable bonds is 5.